The molecule has 0 amide bonds. The fraction of sp³-hybridized carbons (Fsp3) is 1.00. The van der Waals surface area contributed by atoms with Crippen molar-refractivity contribution in [1.82, 2.24) is 10.2 Å². The predicted molar refractivity (Wildman–Crippen MR) is 67.7 cm³/mol. The van der Waals surface area contributed by atoms with Crippen LogP contribution in [0.3, 0.4) is 0 Å². The molecular formula is C11H24N2OS. The third-order valence-corrected chi connectivity index (χ3v) is 3.63. The van der Waals surface area contributed by atoms with Crippen LogP contribution >= 0.6 is 11.8 Å². The van der Waals surface area contributed by atoms with E-state index in [-0.39, 0.29) is 0 Å². The van der Waals surface area contributed by atoms with Crippen LogP contribution in [0.5, 0.6) is 0 Å². The summed E-state index contributed by atoms with van der Waals surface area (Å²) in [5, 5.41) is 3.56. The molecule has 1 aliphatic heterocycles. The summed E-state index contributed by atoms with van der Waals surface area (Å²) in [7, 11) is 4.14. The third kappa shape index (κ3) is 7.17. The first kappa shape index (κ1) is 13.3. The van der Waals surface area contributed by atoms with Crippen molar-refractivity contribution in [2.24, 2.45) is 0 Å². The van der Waals surface area contributed by atoms with Crippen molar-refractivity contribution in [3.63, 3.8) is 0 Å². The van der Waals surface area contributed by atoms with E-state index < -0.39 is 0 Å². The van der Waals surface area contributed by atoms with Gasteiger partial charge in [0.25, 0.3) is 0 Å². The minimum absolute atomic E-state index is 0.740. The topological polar surface area (TPSA) is 24.5 Å². The minimum Gasteiger partial charge on any atom is -0.379 e. The molecule has 90 valence electrons. The molecule has 0 aliphatic carbocycles. The first-order valence-electron chi connectivity index (χ1n) is 5.82. The monoisotopic (exact) mass is 232 g/mol. The molecule has 0 bridgehead atoms. The lowest BCUT2D eigenvalue weighted by Crippen LogP contribution is -2.35. The molecular weight excluding hydrogens is 208 g/mol. The predicted octanol–water partition coefficient (Wildman–Crippen LogP) is 1.05. The standard InChI is InChI=1S/C11H24N2OS/c1-13(2)6-8-14-7-5-12-11-3-9-15-10-4-11/h11-12H,3-10H2,1-2H3. The van der Waals surface area contributed by atoms with Gasteiger partial charge in [-0.25, -0.2) is 0 Å². The smallest absolute Gasteiger partial charge is 0.0593 e. The van der Waals surface area contributed by atoms with E-state index in [1.807, 2.05) is 0 Å². The summed E-state index contributed by atoms with van der Waals surface area (Å²) in [6.07, 6.45) is 2.64. The van der Waals surface area contributed by atoms with Gasteiger partial charge in [0.15, 0.2) is 0 Å². The molecule has 0 spiro atoms. The molecule has 3 nitrogen and oxygen atoms in total. The summed E-state index contributed by atoms with van der Waals surface area (Å²) in [4.78, 5) is 2.14. The molecule has 1 fully saturated rings. The molecule has 1 heterocycles. The van der Waals surface area contributed by atoms with Crippen LogP contribution in [0, 0.1) is 0 Å². The maximum absolute atomic E-state index is 5.53. The van der Waals surface area contributed by atoms with Crippen molar-refractivity contribution in [3.8, 4) is 0 Å². The van der Waals surface area contributed by atoms with Crippen molar-refractivity contribution < 1.29 is 4.74 Å². The Bertz CT molecular complexity index is 150. The van der Waals surface area contributed by atoms with Crippen LogP contribution in [0.4, 0.5) is 0 Å². The highest BCUT2D eigenvalue weighted by atomic mass is 32.2. The van der Waals surface area contributed by atoms with Crippen molar-refractivity contribution in [2.75, 3.05) is 51.9 Å². The van der Waals surface area contributed by atoms with Crippen molar-refractivity contribution in [2.45, 2.75) is 18.9 Å². The number of nitrogens with zero attached hydrogens (tertiary/aromatic N) is 1. The van der Waals surface area contributed by atoms with E-state index in [1.165, 1.54) is 24.3 Å². The van der Waals surface area contributed by atoms with Gasteiger partial charge in [0, 0.05) is 19.1 Å². The molecule has 0 aromatic carbocycles. The van der Waals surface area contributed by atoms with Gasteiger partial charge in [0.05, 0.1) is 13.2 Å². The molecule has 4 heteroatoms. The molecule has 0 saturated carbocycles. The fourth-order valence-electron chi connectivity index (χ4n) is 1.59. The third-order valence-electron chi connectivity index (χ3n) is 2.58. The normalized spacial score (nSPS) is 18.6. The summed E-state index contributed by atoms with van der Waals surface area (Å²) in [6.45, 7) is 3.70. The number of thioether (sulfide) groups is 1. The van der Waals surface area contributed by atoms with E-state index in [2.05, 4.69) is 36.1 Å². The second-order valence-electron chi connectivity index (χ2n) is 4.26. The van der Waals surface area contributed by atoms with E-state index in [0.29, 0.717) is 0 Å². The van der Waals surface area contributed by atoms with E-state index >= 15 is 0 Å². The molecule has 15 heavy (non-hydrogen) atoms. The molecule has 0 aromatic rings. The average molecular weight is 232 g/mol. The van der Waals surface area contributed by atoms with Crippen molar-refractivity contribution in [3.05, 3.63) is 0 Å². The quantitative estimate of drug-likeness (QED) is 0.663. The Kier molecular flexibility index (Phi) is 7.44. The summed E-state index contributed by atoms with van der Waals surface area (Å²) < 4.78 is 5.53. The van der Waals surface area contributed by atoms with Crippen molar-refractivity contribution >= 4 is 11.8 Å². The molecule has 1 aliphatic rings. The Morgan fingerprint density at radius 3 is 2.67 bits per heavy atom. The molecule has 1 saturated heterocycles. The maximum atomic E-state index is 5.53. The van der Waals surface area contributed by atoms with Crippen LogP contribution < -0.4 is 5.32 Å². The number of rotatable bonds is 7. The van der Waals surface area contributed by atoms with E-state index in [1.54, 1.807) is 0 Å². The van der Waals surface area contributed by atoms with Gasteiger partial charge in [0.2, 0.25) is 0 Å². The second-order valence-corrected chi connectivity index (χ2v) is 5.48. The highest BCUT2D eigenvalue weighted by Crippen LogP contribution is 2.16. The molecule has 1 N–H and O–H groups in total. The van der Waals surface area contributed by atoms with E-state index in [4.69, 9.17) is 4.74 Å². The van der Waals surface area contributed by atoms with Crippen molar-refractivity contribution in [1.29, 1.82) is 0 Å². The Hall–Kier alpha value is 0.230. The van der Waals surface area contributed by atoms with Gasteiger partial charge in [-0.05, 0) is 38.4 Å². The van der Waals surface area contributed by atoms with Gasteiger partial charge >= 0.3 is 0 Å². The highest BCUT2D eigenvalue weighted by molar-refractivity contribution is 7.99. The first-order chi connectivity index (χ1) is 7.29. The second kappa shape index (κ2) is 8.39. The van der Waals surface area contributed by atoms with Crippen LogP contribution in [0.1, 0.15) is 12.8 Å². The zero-order valence-electron chi connectivity index (χ0n) is 10.00. The Labute approximate surface area is 97.9 Å². The average Bonchev–Trinajstić information content (AvgIpc) is 2.24. The number of likely N-dealkylation sites (N-methyl/N-ethyl adjacent to an activating group) is 1. The largest absolute Gasteiger partial charge is 0.379 e. The number of ether oxygens (including phenoxy) is 1. The fourth-order valence-corrected chi connectivity index (χ4v) is 2.69. The van der Waals surface area contributed by atoms with Gasteiger partial charge in [0.1, 0.15) is 0 Å². The van der Waals surface area contributed by atoms with Crippen LogP contribution in [-0.2, 0) is 4.74 Å². The summed E-state index contributed by atoms with van der Waals surface area (Å²) in [5.74, 6) is 2.64. The SMILES string of the molecule is CN(C)CCOCCNC1CCSCC1. The highest BCUT2D eigenvalue weighted by Gasteiger charge is 2.11. The molecule has 0 aromatic heterocycles. The molecule has 0 radical (unpaired) electrons. The summed E-state index contributed by atoms with van der Waals surface area (Å²) >= 11 is 2.07. The molecule has 0 atom stereocenters. The Morgan fingerprint density at radius 2 is 2.00 bits per heavy atom. The summed E-state index contributed by atoms with van der Waals surface area (Å²) in [6, 6.07) is 0.740. The van der Waals surface area contributed by atoms with Gasteiger partial charge in [-0.2, -0.15) is 11.8 Å². The molecule has 1 rings (SSSR count). The van der Waals surface area contributed by atoms with Crippen LogP contribution in [-0.4, -0.2) is 62.8 Å². The lowest BCUT2D eigenvalue weighted by Gasteiger charge is -2.22. The first-order valence-corrected chi connectivity index (χ1v) is 6.98. The lowest BCUT2D eigenvalue weighted by atomic mass is 10.1. The number of nitrogens with one attached hydrogen (secondary N) is 1. The van der Waals surface area contributed by atoms with Crippen LogP contribution in [0.25, 0.3) is 0 Å². The Balaban J connectivity index is 1.83. The van der Waals surface area contributed by atoms with Crippen LogP contribution in [0.15, 0.2) is 0 Å². The van der Waals surface area contributed by atoms with Gasteiger partial charge in [-0.3, -0.25) is 0 Å². The number of hydrogen-bond donors (Lipinski definition) is 1. The molecule has 0 unspecified atom stereocenters. The zero-order chi connectivity index (χ0) is 10.9. The van der Waals surface area contributed by atoms with Crippen LogP contribution in [0.2, 0.25) is 0 Å². The van der Waals surface area contributed by atoms with Gasteiger partial charge in [-0.1, -0.05) is 0 Å². The Morgan fingerprint density at radius 1 is 1.27 bits per heavy atom. The summed E-state index contributed by atoms with van der Waals surface area (Å²) in [5.41, 5.74) is 0. The minimum atomic E-state index is 0.740. The van der Waals surface area contributed by atoms with E-state index in [9.17, 15) is 0 Å². The van der Waals surface area contributed by atoms with Gasteiger partial charge < -0.3 is 15.0 Å². The van der Waals surface area contributed by atoms with Gasteiger partial charge in [-0.15, -0.1) is 0 Å². The van der Waals surface area contributed by atoms with E-state index in [0.717, 1.165) is 32.3 Å². The lowest BCUT2D eigenvalue weighted by molar-refractivity contribution is 0.117. The maximum Gasteiger partial charge on any atom is 0.0593 e. The zero-order valence-corrected chi connectivity index (χ0v) is 10.8. The number of hydrogen-bond acceptors (Lipinski definition) is 4.